The predicted octanol–water partition coefficient (Wildman–Crippen LogP) is 20.8. The molecule has 0 saturated carbocycles. The standard InChI is InChI=1S/C78H149NO10/c1-3-5-7-9-11-13-15-16-17-40-43-46-50-54-58-62-66-74(83)87-67-63-59-55-51-47-44-41-38-36-34-32-30-28-26-24-22-20-18-19-21-23-25-27-29-31-33-35-37-39-42-45-49-53-57-61-65-73(82)79-70(69-88-78-77(86)76(85)75(84)72(68-80)89-78)71(81)64-60-56-52-48-14-12-10-8-6-4-2/h20,22,60,64,70-72,75-78,80-81,84-86H,3-19,21,23-59,61-63,65-69H2,1-2H3,(H,79,82)/b22-20-,64-60+. The monoisotopic (exact) mass is 1260 g/mol. The Bertz CT molecular complexity index is 1530. The van der Waals surface area contributed by atoms with E-state index in [1.165, 1.54) is 321 Å². The van der Waals surface area contributed by atoms with E-state index in [1.54, 1.807) is 6.08 Å². The first-order chi connectivity index (χ1) is 43.7. The van der Waals surface area contributed by atoms with Crippen LogP contribution in [0.15, 0.2) is 24.3 Å². The third-order valence-corrected chi connectivity index (χ3v) is 18.8. The fraction of sp³-hybridized carbons (Fsp3) is 0.923. The number of esters is 1. The highest BCUT2D eigenvalue weighted by atomic mass is 16.7. The second-order valence-electron chi connectivity index (χ2n) is 27.4. The summed E-state index contributed by atoms with van der Waals surface area (Å²) < 4.78 is 16.8. The molecule has 1 saturated heterocycles. The van der Waals surface area contributed by atoms with Gasteiger partial charge in [0.2, 0.25) is 5.91 Å². The molecule has 0 aromatic carbocycles. The number of aliphatic hydroxyl groups excluding tert-OH is 5. The summed E-state index contributed by atoms with van der Waals surface area (Å²) in [5, 5.41) is 54.4. The summed E-state index contributed by atoms with van der Waals surface area (Å²) in [4.78, 5) is 25.2. The van der Waals surface area contributed by atoms with Gasteiger partial charge in [0.1, 0.15) is 24.4 Å². The van der Waals surface area contributed by atoms with Crippen molar-refractivity contribution in [1.29, 1.82) is 0 Å². The average molecular weight is 1260 g/mol. The van der Waals surface area contributed by atoms with Crippen LogP contribution in [0.2, 0.25) is 0 Å². The Hall–Kier alpha value is -1.86. The highest BCUT2D eigenvalue weighted by Gasteiger charge is 2.44. The van der Waals surface area contributed by atoms with E-state index >= 15 is 0 Å². The fourth-order valence-corrected chi connectivity index (χ4v) is 12.7. The molecule has 0 aromatic rings. The average Bonchev–Trinajstić information content (AvgIpc) is 1.60. The van der Waals surface area contributed by atoms with Gasteiger partial charge in [0.25, 0.3) is 0 Å². The number of allylic oxidation sites excluding steroid dienone is 3. The predicted molar refractivity (Wildman–Crippen MR) is 375 cm³/mol. The number of carbonyl (C=O) groups excluding carboxylic acids is 2. The Morgan fingerprint density at radius 2 is 0.719 bits per heavy atom. The van der Waals surface area contributed by atoms with Gasteiger partial charge in [0.15, 0.2) is 6.29 Å². The first-order valence-corrected chi connectivity index (χ1v) is 39.1. The topological polar surface area (TPSA) is 175 Å². The molecule has 0 spiro atoms. The Morgan fingerprint density at radius 3 is 1.08 bits per heavy atom. The van der Waals surface area contributed by atoms with E-state index in [0.29, 0.717) is 19.4 Å². The lowest BCUT2D eigenvalue weighted by Crippen LogP contribution is -2.60. The number of hydrogen-bond acceptors (Lipinski definition) is 10. The minimum absolute atomic E-state index is 0.0178. The summed E-state index contributed by atoms with van der Waals surface area (Å²) in [6.07, 6.45) is 76.4. The van der Waals surface area contributed by atoms with Crippen LogP contribution in [0.3, 0.4) is 0 Å². The van der Waals surface area contributed by atoms with Crippen LogP contribution in [0.5, 0.6) is 0 Å². The molecule has 1 fully saturated rings. The third kappa shape index (κ3) is 56.2. The van der Waals surface area contributed by atoms with Gasteiger partial charge in [-0.15, -0.1) is 0 Å². The molecule has 7 atom stereocenters. The second kappa shape index (κ2) is 67.6. The van der Waals surface area contributed by atoms with Crippen LogP contribution >= 0.6 is 0 Å². The van der Waals surface area contributed by atoms with Gasteiger partial charge < -0.3 is 45.1 Å². The smallest absolute Gasteiger partial charge is 0.305 e. The molecule has 11 heteroatoms. The minimum Gasteiger partial charge on any atom is -0.466 e. The Labute approximate surface area is 550 Å². The van der Waals surface area contributed by atoms with E-state index in [1.807, 2.05) is 6.08 Å². The minimum atomic E-state index is -1.57. The maximum absolute atomic E-state index is 13.0. The molecule has 0 aromatic heterocycles. The van der Waals surface area contributed by atoms with Crippen LogP contribution in [0.4, 0.5) is 0 Å². The number of amides is 1. The van der Waals surface area contributed by atoms with Gasteiger partial charge in [0.05, 0.1) is 32.0 Å². The summed E-state index contributed by atoms with van der Waals surface area (Å²) in [6, 6.07) is -0.806. The Kier molecular flexibility index (Phi) is 64.6. The summed E-state index contributed by atoms with van der Waals surface area (Å²) in [5.74, 6) is -0.160. The van der Waals surface area contributed by atoms with E-state index in [0.717, 1.165) is 51.4 Å². The number of unbranched alkanes of at least 4 members (excludes halogenated alkanes) is 54. The van der Waals surface area contributed by atoms with E-state index < -0.39 is 49.5 Å². The van der Waals surface area contributed by atoms with E-state index in [4.69, 9.17) is 14.2 Å². The molecule has 0 aliphatic carbocycles. The van der Waals surface area contributed by atoms with Crippen molar-refractivity contribution >= 4 is 11.9 Å². The number of rotatable bonds is 70. The first-order valence-electron chi connectivity index (χ1n) is 39.1. The van der Waals surface area contributed by atoms with E-state index in [-0.39, 0.29) is 18.5 Å². The second-order valence-corrected chi connectivity index (χ2v) is 27.4. The fourth-order valence-electron chi connectivity index (χ4n) is 12.7. The van der Waals surface area contributed by atoms with Crippen LogP contribution in [-0.4, -0.2) is 100 Å². The van der Waals surface area contributed by atoms with Crippen molar-refractivity contribution in [2.45, 2.75) is 442 Å². The summed E-state index contributed by atoms with van der Waals surface area (Å²) in [7, 11) is 0. The molecule has 1 amide bonds. The largest absolute Gasteiger partial charge is 0.466 e. The van der Waals surface area contributed by atoms with Crippen LogP contribution in [-0.2, 0) is 23.8 Å². The Morgan fingerprint density at radius 1 is 0.404 bits per heavy atom. The lowest BCUT2D eigenvalue weighted by Gasteiger charge is -2.40. The van der Waals surface area contributed by atoms with Gasteiger partial charge in [0, 0.05) is 12.8 Å². The van der Waals surface area contributed by atoms with Crippen LogP contribution in [0.25, 0.3) is 0 Å². The van der Waals surface area contributed by atoms with Gasteiger partial charge in [-0.25, -0.2) is 0 Å². The SMILES string of the molecule is CCCCCCCCCC/C=C/C(O)C(COC1OC(CO)C(O)C(O)C1O)NC(=O)CCCCCCCCCCCCCCCCCCC/C=C\CCCCCCCCCCCCCCCCOC(=O)CCCCCCCCCCCCCCCCCC. The molecule has 1 aliphatic heterocycles. The maximum Gasteiger partial charge on any atom is 0.305 e. The molecule has 0 bridgehead atoms. The van der Waals surface area contributed by atoms with E-state index in [9.17, 15) is 35.1 Å². The van der Waals surface area contributed by atoms with Gasteiger partial charge in [-0.1, -0.05) is 353 Å². The van der Waals surface area contributed by atoms with E-state index in [2.05, 4.69) is 31.3 Å². The first kappa shape index (κ1) is 85.2. The van der Waals surface area contributed by atoms with Crippen LogP contribution in [0, 0.1) is 0 Å². The molecule has 526 valence electrons. The number of hydrogen-bond donors (Lipinski definition) is 6. The molecule has 6 N–H and O–H groups in total. The van der Waals surface area contributed by atoms with Crippen LogP contribution < -0.4 is 5.32 Å². The maximum atomic E-state index is 13.0. The highest BCUT2D eigenvalue weighted by molar-refractivity contribution is 5.76. The van der Waals surface area contributed by atoms with Crippen molar-refractivity contribution in [3.63, 3.8) is 0 Å². The number of carbonyl (C=O) groups is 2. The van der Waals surface area contributed by atoms with Gasteiger partial charge >= 0.3 is 5.97 Å². The lowest BCUT2D eigenvalue weighted by atomic mass is 9.99. The van der Waals surface area contributed by atoms with Crippen molar-refractivity contribution < 1.29 is 49.3 Å². The van der Waals surface area contributed by atoms with Gasteiger partial charge in [-0.3, -0.25) is 9.59 Å². The molecular weight excluding hydrogens is 1110 g/mol. The van der Waals surface area contributed by atoms with Crippen molar-refractivity contribution in [2.24, 2.45) is 0 Å². The number of aliphatic hydroxyl groups is 5. The van der Waals surface area contributed by atoms with Gasteiger partial charge in [-0.2, -0.15) is 0 Å². The van der Waals surface area contributed by atoms with Gasteiger partial charge in [-0.05, 0) is 57.8 Å². The summed E-state index contributed by atoms with van der Waals surface area (Å²) >= 11 is 0. The summed E-state index contributed by atoms with van der Waals surface area (Å²) in [6.45, 7) is 4.38. The quantitative estimate of drug-likeness (QED) is 0.0195. The molecule has 1 aliphatic rings. The Balaban J connectivity index is 1.87. The van der Waals surface area contributed by atoms with Crippen molar-refractivity contribution in [3.05, 3.63) is 24.3 Å². The zero-order chi connectivity index (χ0) is 64.4. The molecule has 1 heterocycles. The zero-order valence-corrected chi connectivity index (χ0v) is 58.7. The lowest BCUT2D eigenvalue weighted by molar-refractivity contribution is -0.302. The molecule has 0 radical (unpaired) electrons. The third-order valence-electron chi connectivity index (χ3n) is 18.8. The number of nitrogens with one attached hydrogen (secondary N) is 1. The highest BCUT2D eigenvalue weighted by Crippen LogP contribution is 2.24. The van der Waals surface area contributed by atoms with Crippen molar-refractivity contribution in [1.82, 2.24) is 5.32 Å². The normalized spacial score (nSPS) is 17.8. The molecule has 11 nitrogen and oxygen atoms in total. The molecule has 89 heavy (non-hydrogen) atoms. The van der Waals surface area contributed by atoms with Crippen molar-refractivity contribution in [2.75, 3.05) is 19.8 Å². The molecule has 7 unspecified atom stereocenters. The molecular formula is C78H149NO10. The number of ether oxygens (including phenoxy) is 3. The molecule has 1 rings (SSSR count). The van der Waals surface area contributed by atoms with Crippen LogP contribution in [0.1, 0.15) is 399 Å². The zero-order valence-electron chi connectivity index (χ0n) is 58.7. The summed E-state index contributed by atoms with van der Waals surface area (Å²) in [5.41, 5.74) is 0. The van der Waals surface area contributed by atoms with Crippen molar-refractivity contribution in [3.8, 4) is 0 Å².